The van der Waals surface area contributed by atoms with Gasteiger partial charge in [0, 0.05) is 24.5 Å². The SMILES string of the molecule is CC(=O)Nc1ccc(NC(=O)c2ccc(N)nc2)cc1. The van der Waals surface area contributed by atoms with Crippen molar-refractivity contribution in [2.75, 3.05) is 16.4 Å². The van der Waals surface area contributed by atoms with Crippen molar-refractivity contribution >= 4 is 29.0 Å². The van der Waals surface area contributed by atoms with E-state index in [4.69, 9.17) is 5.73 Å². The molecule has 0 aliphatic heterocycles. The number of nitrogens with one attached hydrogen (secondary N) is 2. The van der Waals surface area contributed by atoms with E-state index in [1.54, 1.807) is 36.4 Å². The first-order valence-electron chi connectivity index (χ1n) is 5.95. The molecule has 4 N–H and O–H groups in total. The highest BCUT2D eigenvalue weighted by Crippen LogP contribution is 2.14. The zero-order chi connectivity index (χ0) is 14.5. The fourth-order valence-electron chi connectivity index (χ4n) is 1.58. The average Bonchev–Trinajstić information content (AvgIpc) is 2.41. The summed E-state index contributed by atoms with van der Waals surface area (Å²) in [6, 6.07) is 9.98. The number of carbonyl (C=O) groups is 2. The molecule has 102 valence electrons. The Morgan fingerprint density at radius 1 is 1.00 bits per heavy atom. The molecule has 0 radical (unpaired) electrons. The number of nitrogens with zero attached hydrogens (tertiary/aromatic N) is 1. The van der Waals surface area contributed by atoms with E-state index in [-0.39, 0.29) is 11.8 Å². The van der Waals surface area contributed by atoms with Gasteiger partial charge in [-0.15, -0.1) is 0 Å². The smallest absolute Gasteiger partial charge is 0.257 e. The fraction of sp³-hybridized carbons (Fsp3) is 0.0714. The van der Waals surface area contributed by atoms with Crippen LogP contribution in [-0.2, 0) is 4.79 Å². The van der Waals surface area contributed by atoms with Gasteiger partial charge in [-0.1, -0.05) is 0 Å². The predicted molar refractivity (Wildman–Crippen MR) is 77.3 cm³/mol. The van der Waals surface area contributed by atoms with E-state index in [9.17, 15) is 9.59 Å². The third-order valence-corrected chi connectivity index (χ3v) is 2.51. The minimum Gasteiger partial charge on any atom is -0.384 e. The van der Waals surface area contributed by atoms with Crippen molar-refractivity contribution in [2.24, 2.45) is 0 Å². The molecule has 2 amide bonds. The highest BCUT2D eigenvalue weighted by Gasteiger charge is 2.06. The summed E-state index contributed by atoms with van der Waals surface area (Å²) in [6.07, 6.45) is 1.41. The lowest BCUT2D eigenvalue weighted by Gasteiger charge is -2.07. The summed E-state index contributed by atoms with van der Waals surface area (Å²) in [7, 11) is 0. The van der Waals surface area contributed by atoms with Crippen molar-refractivity contribution in [3.8, 4) is 0 Å². The number of benzene rings is 1. The van der Waals surface area contributed by atoms with Crippen molar-refractivity contribution < 1.29 is 9.59 Å². The largest absolute Gasteiger partial charge is 0.384 e. The van der Waals surface area contributed by atoms with Crippen LogP contribution in [0.15, 0.2) is 42.6 Å². The van der Waals surface area contributed by atoms with E-state index in [0.29, 0.717) is 22.8 Å². The first kappa shape index (κ1) is 13.5. The van der Waals surface area contributed by atoms with Gasteiger partial charge in [-0.2, -0.15) is 0 Å². The normalized spacial score (nSPS) is 9.85. The summed E-state index contributed by atoms with van der Waals surface area (Å²) < 4.78 is 0. The van der Waals surface area contributed by atoms with Gasteiger partial charge in [0.1, 0.15) is 5.82 Å². The van der Waals surface area contributed by atoms with Gasteiger partial charge in [0.2, 0.25) is 5.91 Å². The Morgan fingerprint density at radius 3 is 2.10 bits per heavy atom. The molecule has 0 aliphatic carbocycles. The van der Waals surface area contributed by atoms with Gasteiger partial charge in [-0.3, -0.25) is 9.59 Å². The number of aromatic nitrogens is 1. The summed E-state index contributed by atoms with van der Waals surface area (Å²) >= 11 is 0. The van der Waals surface area contributed by atoms with Crippen LogP contribution < -0.4 is 16.4 Å². The second kappa shape index (κ2) is 5.83. The standard InChI is InChI=1S/C14H14N4O2/c1-9(19)17-11-3-5-12(6-4-11)18-14(20)10-2-7-13(15)16-8-10/h2-8H,1H3,(H2,15,16)(H,17,19)(H,18,20). The molecular weight excluding hydrogens is 256 g/mol. The molecule has 0 saturated heterocycles. The lowest BCUT2D eigenvalue weighted by molar-refractivity contribution is -0.114. The van der Waals surface area contributed by atoms with Gasteiger partial charge in [-0.25, -0.2) is 4.98 Å². The van der Waals surface area contributed by atoms with Crippen molar-refractivity contribution in [1.82, 2.24) is 4.98 Å². The molecule has 0 fully saturated rings. The number of rotatable bonds is 3. The van der Waals surface area contributed by atoms with Crippen molar-refractivity contribution in [3.05, 3.63) is 48.2 Å². The molecular formula is C14H14N4O2. The number of anilines is 3. The van der Waals surface area contributed by atoms with Crippen LogP contribution in [0.2, 0.25) is 0 Å². The summed E-state index contributed by atoms with van der Waals surface area (Å²) in [6.45, 7) is 1.43. The van der Waals surface area contributed by atoms with Crippen molar-refractivity contribution in [1.29, 1.82) is 0 Å². The molecule has 0 aliphatic rings. The zero-order valence-corrected chi connectivity index (χ0v) is 10.9. The van der Waals surface area contributed by atoms with Crippen LogP contribution in [0, 0.1) is 0 Å². The summed E-state index contributed by atoms with van der Waals surface area (Å²) in [4.78, 5) is 26.7. The Balaban J connectivity index is 2.04. The van der Waals surface area contributed by atoms with Crippen LogP contribution in [0.4, 0.5) is 17.2 Å². The molecule has 1 aromatic carbocycles. The molecule has 2 rings (SSSR count). The number of amides is 2. The molecule has 0 saturated carbocycles. The van der Waals surface area contributed by atoms with Crippen LogP contribution in [0.5, 0.6) is 0 Å². The van der Waals surface area contributed by atoms with Gasteiger partial charge in [0.25, 0.3) is 5.91 Å². The number of hydrogen-bond donors (Lipinski definition) is 3. The maximum absolute atomic E-state index is 11.9. The molecule has 0 atom stereocenters. The first-order chi connectivity index (χ1) is 9.54. The van der Waals surface area contributed by atoms with Gasteiger partial charge in [0.15, 0.2) is 0 Å². The second-order valence-electron chi connectivity index (χ2n) is 4.18. The Morgan fingerprint density at radius 2 is 1.60 bits per heavy atom. The Hall–Kier alpha value is -2.89. The lowest BCUT2D eigenvalue weighted by atomic mass is 10.2. The molecule has 6 nitrogen and oxygen atoms in total. The molecule has 1 aromatic heterocycles. The van der Waals surface area contributed by atoms with Crippen molar-refractivity contribution in [2.45, 2.75) is 6.92 Å². The van der Waals surface area contributed by atoms with Crippen LogP contribution in [0.25, 0.3) is 0 Å². The topological polar surface area (TPSA) is 97.1 Å². The molecule has 20 heavy (non-hydrogen) atoms. The van der Waals surface area contributed by atoms with Crippen LogP contribution >= 0.6 is 0 Å². The molecule has 2 aromatic rings. The number of nitrogens with two attached hydrogens (primary N) is 1. The highest BCUT2D eigenvalue weighted by molar-refractivity contribution is 6.04. The first-order valence-corrected chi connectivity index (χ1v) is 5.95. The summed E-state index contributed by atoms with van der Waals surface area (Å²) in [5, 5.41) is 5.37. The minimum atomic E-state index is -0.273. The lowest BCUT2D eigenvalue weighted by Crippen LogP contribution is -2.12. The van der Waals surface area contributed by atoms with E-state index in [1.807, 2.05) is 0 Å². The average molecular weight is 270 g/mol. The molecule has 0 bridgehead atoms. The molecule has 6 heteroatoms. The van der Waals surface area contributed by atoms with Crippen molar-refractivity contribution in [3.63, 3.8) is 0 Å². The van der Waals surface area contributed by atoms with Gasteiger partial charge < -0.3 is 16.4 Å². The van der Waals surface area contributed by atoms with E-state index in [1.165, 1.54) is 13.1 Å². The van der Waals surface area contributed by atoms with Gasteiger partial charge in [-0.05, 0) is 36.4 Å². The maximum atomic E-state index is 11.9. The predicted octanol–water partition coefficient (Wildman–Crippen LogP) is 1.87. The molecule has 0 spiro atoms. The maximum Gasteiger partial charge on any atom is 0.257 e. The highest BCUT2D eigenvalue weighted by atomic mass is 16.2. The Kier molecular flexibility index (Phi) is 3.95. The number of carbonyl (C=O) groups excluding carboxylic acids is 2. The molecule has 1 heterocycles. The van der Waals surface area contributed by atoms with E-state index >= 15 is 0 Å². The van der Waals surface area contributed by atoms with Crippen LogP contribution in [0.3, 0.4) is 0 Å². The monoisotopic (exact) mass is 270 g/mol. The van der Waals surface area contributed by atoms with E-state index in [2.05, 4.69) is 15.6 Å². The van der Waals surface area contributed by atoms with Crippen LogP contribution in [0.1, 0.15) is 17.3 Å². The Labute approximate surface area is 116 Å². The second-order valence-corrected chi connectivity index (χ2v) is 4.18. The van der Waals surface area contributed by atoms with Gasteiger partial charge >= 0.3 is 0 Å². The summed E-state index contributed by atoms with van der Waals surface area (Å²) in [5.74, 6) is -0.0549. The zero-order valence-electron chi connectivity index (χ0n) is 10.9. The van der Waals surface area contributed by atoms with Gasteiger partial charge in [0.05, 0.1) is 5.56 Å². The number of pyridine rings is 1. The fourth-order valence-corrected chi connectivity index (χ4v) is 1.58. The number of nitrogen functional groups attached to an aromatic ring is 1. The van der Waals surface area contributed by atoms with Crippen LogP contribution in [-0.4, -0.2) is 16.8 Å². The van der Waals surface area contributed by atoms with E-state index < -0.39 is 0 Å². The quantitative estimate of drug-likeness (QED) is 0.793. The molecule has 0 unspecified atom stereocenters. The number of hydrogen-bond acceptors (Lipinski definition) is 4. The van der Waals surface area contributed by atoms with E-state index in [0.717, 1.165) is 0 Å². The summed E-state index contributed by atoms with van der Waals surface area (Å²) in [5.41, 5.74) is 7.18. The Bertz CT molecular complexity index is 621. The third kappa shape index (κ3) is 3.55. The minimum absolute atomic E-state index is 0.144. The third-order valence-electron chi connectivity index (χ3n) is 2.51.